The van der Waals surface area contributed by atoms with Crippen molar-refractivity contribution in [2.75, 3.05) is 37.7 Å². The Labute approximate surface area is 172 Å². The molecule has 1 aliphatic heterocycles. The van der Waals surface area contributed by atoms with Gasteiger partial charge in [-0.3, -0.25) is 13.9 Å². The van der Waals surface area contributed by atoms with Crippen LogP contribution in [-0.2, 0) is 20.6 Å². The molecule has 160 valence electrons. The molecule has 0 bridgehead atoms. The molecule has 1 fully saturated rings. The number of rotatable bonds is 6. The maximum Gasteiger partial charge on any atom is 0.332 e. The molecule has 0 spiro atoms. The lowest BCUT2D eigenvalue weighted by Crippen LogP contribution is -2.89. The van der Waals surface area contributed by atoms with E-state index in [1.807, 2.05) is 30.3 Å². The number of nitrogens with zero attached hydrogens (tertiary/aromatic N) is 5. The normalized spacial score (nSPS) is 15.5. The maximum atomic E-state index is 12.9. The van der Waals surface area contributed by atoms with E-state index in [4.69, 9.17) is 4.74 Å². The molecule has 1 aromatic carbocycles. The second-order valence-corrected chi connectivity index (χ2v) is 7.53. The standard InChI is InChI=1S/C20H26N6O4/c1-23-17-16(18(28)24(2)20(23)29)26(19(22-17)25-10-8-21-9-11-25)12-14(27)13-30-15-6-4-3-5-7-15/h3-7,14,21,27H,8-13H2,1-2H3/p+1/t14-/m1/s1. The minimum atomic E-state index is -0.861. The Morgan fingerprint density at radius 1 is 1.13 bits per heavy atom. The van der Waals surface area contributed by atoms with Crippen LogP contribution in [0.2, 0.25) is 0 Å². The van der Waals surface area contributed by atoms with E-state index in [0.29, 0.717) is 22.9 Å². The molecule has 1 atom stereocenters. The summed E-state index contributed by atoms with van der Waals surface area (Å²) in [5, 5.41) is 12.9. The molecule has 2 aromatic heterocycles. The SMILES string of the molecule is Cn1c(=O)c2c(nc(N3CC[NH2+]CC3)n2C[C@@H](O)COc2ccccc2)n(C)c1=O. The van der Waals surface area contributed by atoms with E-state index in [9.17, 15) is 14.7 Å². The predicted molar refractivity (Wildman–Crippen MR) is 112 cm³/mol. The van der Waals surface area contributed by atoms with Crippen LogP contribution in [0.3, 0.4) is 0 Å². The molecule has 1 saturated heterocycles. The van der Waals surface area contributed by atoms with Crippen molar-refractivity contribution in [1.82, 2.24) is 18.7 Å². The van der Waals surface area contributed by atoms with Crippen molar-refractivity contribution in [1.29, 1.82) is 0 Å². The number of aromatic nitrogens is 4. The highest BCUT2D eigenvalue weighted by Gasteiger charge is 2.25. The number of hydrogen-bond donors (Lipinski definition) is 2. The van der Waals surface area contributed by atoms with Gasteiger partial charge in [0.25, 0.3) is 5.56 Å². The van der Waals surface area contributed by atoms with Crippen LogP contribution in [0.25, 0.3) is 11.2 Å². The zero-order valence-electron chi connectivity index (χ0n) is 17.2. The number of benzene rings is 1. The molecule has 10 heteroatoms. The number of aliphatic hydroxyl groups excluding tert-OH is 1. The summed E-state index contributed by atoms with van der Waals surface area (Å²) >= 11 is 0. The van der Waals surface area contributed by atoms with E-state index < -0.39 is 17.4 Å². The van der Waals surface area contributed by atoms with Crippen molar-refractivity contribution in [3.63, 3.8) is 0 Å². The molecule has 0 aliphatic carbocycles. The number of fused-ring (bicyclic) bond motifs is 1. The number of aliphatic hydroxyl groups is 1. The Morgan fingerprint density at radius 3 is 2.53 bits per heavy atom. The number of aryl methyl sites for hydroxylation is 1. The van der Waals surface area contributed by atoms with E-state index in [1.54, 1.807) is 11.6 Å². The molecule has 3 aromatic rings. The second-order valence-electron chi connectivity index (χ2n) is 7.53. The maximum absolute atomic E-state index is 12.9. The number of imidazole rings is 1. The molecule has 4 rings (SSSR count). The van der Waals surface area contributed by atoms with Crippen molar-refractivity contribution in [3.05, 3.63) is 51.2 Å². The summed E-state index contributed by atoms with van der Waals surface area (Å²) in [4.78, 5) is 32.0. The fraction of sp³-hybridized carbons (Fsp3) is 0.450. The third-order valence-electron chi connectivity index (χ3n) is 5.40. The number of piperazine rings is 1. The molecule has 30 heavy (non-hydrogen) atoms. The Bertz CT molecular complexity index is 1140. The van der Waals surface area contributed by atoms with E-state index >= 15 is 0 Å². The Hall–Kier alpha value is -3.11. The zero-order valence-corrected chi connectivity index (χ0v) is 17.2. The molecular formula is C20H27N6O4+. The minimum Gasteiger partial charge on any atom is -0.491 e. The van der Waals surface area contributed by atoms with E-state index in [2.05, 4.69) is 15.2 Å². The summed E-state index contributed by atoms with van der Waals surface area (Å²) in [6.45, 7) is 3.58. The summed E-state index contributed by atoms with van der Waals surface area (Å²) in [5.74, 6) is 1.26. The number of nitrogens with two attached hydrogens (primary N) is 1. The summed E-state index contributed by atoms with van der Waals surface area (Å²) in [5.41, 5.74) is -0.220. The van der Waals surface area contributed by atoms with Gasteiger partial charge in [0.2, 0.25) is 5.95 Å². The summed E-state index contributed by atoms with van der Waals surface area (Å²) in [7, 11) is 3.05. The lowest BCUT2D eigenvalue weighted by atomic mass is 10.3. The highest BCUT2D eigenvalue weighted by Crippen LogP contribution is 2.20. The number of para-hydroxylation sites is 1. The summed E-state index contributed by atoms with van der Waals surface area (Å²) in [6, 6.07) is 9.26. The van der Waals surface area contributed by atoms with Gasteiger partial charge in [-0.05, 0) is 12.1 Å². The first-order valence-electron chi connectivity index (χ1n) is 10.1. The molecule has 0 radical (unpaired) electrons. The first kappa shape index (κ1) is 20.2. The van der Waals surface area contributed by atoms with Crippen LogP contribution in [-0.4, -0.2) is 62.7 Å². The van der Waals surface area contributed by atoms with Crippen LogP contribution in [0, 0.1) is 0 Å². The first-order chi connectivity index (χ1) is 14.5. The average molecular weight is 415 g/mol. The minimum absolute atomic E-state index is 0.0724. The number of quaternary nitrogens is 1. The van der Waals surface area contributed by atoms with Gasteiger partial charge >= 0.3 is 5.69 Å². The van der Waals surface area contributed by atoms with Crippen LogP contribution in [0.1, 0.15) is 0 Å². The third kappa shape index (κ3) is 3.71. The van der Waals surface area contributed by atoms with E-state index in [0.717, 1.165) is 30.7 Å². The Balaban J connectivity index is 1.72. The molecule has 10 nitrogen and oxygen atoms in total. The summed E-state index contributed by atoms with van der Waals surface area (Å²) in [6.07, 6.45) is -0.861. The molecular weight excluding hydrogens is 388 g/mol. The van der Waals surface area contributed by atoms with Crippen LogP contribution >= 0.6 is 0 Å². The van der Waals surface area contributed by atoms with Crippen molar-refractivity contribution in [3.8, 4) is 5.75 Å². The third-order valence-corrected chi connectivity index (χ3v) is 5.40. The smallest absolute Gasteiger partial charge is 0.332 e. The van der Waals surface area contributed by atoms with Gasteiger partial charge in [-0.2, -0.15) is 4.98 Å². The highest BCUT2D eigenvalue weighted by molar-refractivity contribution is 5.74. The molecule has 0 amide bonds. The van der Waals surface area contributed by atoms with Gasteiger partial charge in [-0.25, -0.2) is 4.79 Å². The van der Waals surface area contributed by atoms with Gasteiger partial charge in [0, 0.05) is 14.1 Å². The lowest BCUT2D eigenvalue weighted by molar-refractivity contribution is -0.655. The van der Waals surface area contributed by atoms with Crippen molar-refractivity contribution < 1.29 is 15.2 Å². The molecule has 3 N–H and O–H groups in total. The molecule has 0 saturated carbocycles. The molecule has 1 aliphatic rings. The van der Waals surface area contributed by atoms with Crippen LogP contribution < -0.4 is 26.2 Å². The Kier molecular flexibility index (Phi) is 5.60. The highest BCUT2D eigenvalue weighted by atomic mass is 16.5. The van der Waals surface area contributed by atoms with Crippen molar-refractivity contribution >= 4 is 17.1 Å². The van der Waals surface area contributed by atoms with E-state index in [1.165, 1.54) is 11.6 Å². The summed E-state index contributed by atoms with van der Waals surface area (Å²) < 4.78 is 9.84. The van der Waals surface area contributed by atoms with Gasteiger partial charge in [0.1, 0.15) is 18.5 Å². The number of ether oxygens (including phenoxy) is 1. The quantitative estimate of drug-likeness (QED) is 0.494. The predicted octanol–water partition coefficient (Wildman–Crippen LogP) is -1.74. The van der Waals surface area contributed by atoms with Crippen molar-refractivity contribution in [2.24, 2.45) is 14.1 Å². The number of hydrogen-bond acceptors (Lipinski definition) is 6. The van der Waals surface area contributed by atoms with Gasteiger partial charge in [0.05, 0.1) is 32.7 Å². The van der Waals surface area contributed by atoms with Crippen LogP contribution in [0.4, 0.5) is 5.95 Å². The fourth-order valence-electron chi connectivity index (χ4n) is 3.77. The van der Waals surface area contributed by atoms with E-state index in [-0.39, 0.29) is 13.2 Å². The topological polar surface area (TPSA) is 111 Å². The largest absolute Gasteiger partial charge is 0.491 e. The fourth-order valence-corrected chi connectivity index (χ4v) is 3.77. The van der Waals surface area contributed by atoms with Crippen LogP contribution in [0.15, 0.2) is 39.9 Å². The van der Waals surface area contributed by atoms with Crippen LogP contribution in [0.5, 0.6) is 5.75 Å². The monoisotopic (exact) mass is 415 g/mol. The molecule has 0 unspecified atom stereocenters. The van der Waals surface area contributed by atoms with Gasteiger partial charge in [-0.1, -0.05) is 18.2 Å². The Morgan fingerprint density at radius 2 is 1.83 bits per heavy atom. The average Bonchev–Trinajstić information content (AvgIpc) is 3.15. The second kappa shape index (κ2) is 8.33. The van der Waals surface area contributed by atoms with Gasteiger partial charge < -0.3 is 24.6 Å². The first-order valence-corrected chi connectivity index (χ1v) is 10.1. The number of anilines is 1. The molecule has 3 heterocycles. The van der Waals surface area contributed by atoms with Gasteiger partial charge in [-0.15, -0.1) is 0 Å². The van der Waals surface area contributed by atoms with Gasteiger partial charge in [0.15, 0.2) is 11.2 Å². The van der Waals surface area contributed by atoms with Crippen molar-refractivity contribution in [2.45, 2.75) is 12.6 Å². The zero-order chi connectivity index (χ0) is 21.3. The lowest BCUT2D eigenvalue weighted by Gasteiger charge is -2.27.